The minimum Gasteiger partial charge on any atom is -0.344 e. The van der Waals surface area contributed by atoms with Crippen LogP contribution in [0, 0.1) is 11.3 Å². The Morgan fingerprint density at radius 1 is 1.45 bits per heavy atom. The van der Waals surface area contributed by atoms with Gasteiger partial charge in [0.25, 0.3) is 0 Å². The molecule has 1 N–H and O–H groups in total. The fraction of sp³-hybridized carbons (Fsp3) is 0.867. The summed E-state index contributed by atoms with van der Waals surface area (Å²) in [6.45, 7) is 6.21. The van der Waals surface area contributed by atoms with Crippen LogP contribution in [0.4, 0.5) is 0 Å². The van der Waals surface area contributed by atoms with Gasteiger partial charge in [-0.3, -0.25) is 9.69 Å². The maximum atomic E-state index is 12.2. The smallest absolute Gasteiger partial charge is 0.236 e. The lowest BCUT2D eigenvalue weighted by Gasteiger charge is -2.27. The van der Waals surface area contributed by atoms with Gasteiger partial charge in [-0.25, -0.2) is 0 Å². The predicted octanol–water partition coefficient (Wildman–Crippen LogP) is 1.21. The highest BCUT2D eigenvalue weighted by molar-refractivity contribution is 5.78. The molecule has 1 fully saturated rings. The molecule has 5 heteroatoms. The minimum absolute atomic E-state index is 0.120. The van der Waals surface area contributed by atoms with Crippen molar-refractivity contribution in [1.29, 1.82) is 5.26 Å². The molecule has 0 saturated carbocycles. The van der Waals surface area contributed by atoms with E-state index in [0.29, 0.717) is 25.6 Å². The largest absolute Gasteiger partial charge is 0.344 e. The van der Waals surface area contributed by atoms with Crippen molar-refractivity contribution in [2.45, 2.75) is 45.1 Å². The first-order valence-corrected chi connectivity index (χ1v) is 7.74. The second kappa shape index (κ2) is 9.73. The number of nitriles is 1. The molecule has 0 bridgehead atoms. The molecule has 0 radical (unpaired) electrons. The van der Waals surface area contributed by atoms with E-state index in [-0.39, 0.29) is 5.91 Å². The molecule has 0 aromatic heterocycles. The van der Waals surface area contributed by atoms with Crippen molar-refractivity contribution < 1.29 is 4.79 Å². The van der Waals surface area contributed by atoms with Crippen molar-refractivity contribution in [3.63, 3.8) is 0 Å². The molecule has 1 amide bonds. The van der Waals surface area contributed by atoms with E-state index in [2.05, 4.69) is 23.2 Å². The van der Waals surface area contributed by atoms with Crippen LogP contribution in [-0.4, -0.2) is 61.5 Å². The van der Waals surface area contributed by atoms with Crippen molar-refractivity contribution in [3.8, 4) is 6.07 Å². The molecule has 0 aliphatic carbocycles. The third-order valence-corrected chi connectivity index (χ3v) is 3.81. The molecule has 1 saturated heterocycles. The number of unbranched alkanes of at least 4 members (excludes halogenated alkanes) is 1. The summed E-state index contributed by atoms with van der Waals surface area (Å²) in [5.74, 6) is 0.120. The van der Waals surface area contributed by atoms with Gasteiger partial charge in [-0.2, -0.15) is 5.26 Å². The molecule has 1 atom stereocenters. The first kappa shape index (κ1) is 16.9. The van der Waals surface area contributed by atoms with Crippen LogP contribution in [0.2, 0.25) is 0 Å². The number of nitrogens with one attached hydrogen (secondary N) is 1. The van der Waals surface area contributed by atoms with E-state index in [1.165, 1.54) is 12.8 Å². The van der Waals surface area contributed by atoms with Gasteiger partial charge in [0.1, 0.15) is 0 Å². The number of likely N-dealkylation sites (N-methyl/N-ethyl adjacent to an activating group) is 1. The topological polar surface area (TPSA) is 59.4 Å². The van der Waals surface area contributed by atoms with E-state index >= 15 is 0 Å². The Hall–Kier alpha value is -1.12. The first-order chi connectivity index (χ1) is 9.67. The van der Waals surface area contributed by atoms with Crippen LogP contribution in [0.25, 0.3) is 0 Å². The number of carbonyl (C=O) groups excluding carboxylic acids is 1. The third kappa shape index (κ3) is 6.36. The Morgan fingerprint density at radius 3 is 2.85 bits per heavy atom. The van der Waals surface area contributed by atoms with E-state index < -0.39 is 0 Å². The number of hydrogen-bond donors (Lipinski definition) is 1. The zero-order valence-corrected chi connectivity index (χ0v) is 12.9. The monoisotopic (exact) mass is 280 g/mol. The van der Waals surface area contributed by atoms with Crippen LogP contribution in [0.5, 0.6) is 0 Å². The Morgan fingerprint density at radius 2 is 2.25 bits per heavy atom. The van der Waals surface area contributed by atoms with Crippen LogP contribution < -0.4 is 5.32 Å². The van der Waals surface area contributed by atoms with Gasteiger partial charge in [0.05, 0.1) is 19.0 Å². The van der Waals surface area contributed by atoms with Gasteiger partial charge in [0.15, 0.2) is 0 Å². The summed E-state index contributed by atoms with van der Waals surface area (Å²) in [6.07, 6.45) is 5.12. The minimum atomic E-state index is 0.120. The average molecular weight is 280 g/mol. The fourth-order valence-corrected chi connectivity index (χ4v) is 2.50. The molecule has 5 nitrogen and oxygen atoms in total. The summed E-state index contributed by atoms with van der Waals surface area (Å²) in [5, 5.41) is 12.1. The summed E-state index contributed by atoms with van der Waals surface area (Å²) in [6, 6.07) is 2.61. The predicted molar refractivity (Wildman–Crippen MR) is 80.2 cm³/mol. The zero-order chi connectivity index (χ0) is 14.8. The normalized spacial score (nSPS) is 18.2. The molecule has 1 heterocycles. The molecule has 1 aliphatic rings. The van der Waals surface area contributed by atoms with Gasteiger partial charge in [-0.15, -0.1) is 0 Å². The Balaban J connectivity index is 2.41. The Labute approximate surface area is 122 Å². The van der Waals surface area contributed by atoms with E-state index in [9.17, 15) is 4.79 Å². The molecule has 0 aromatic carbocycles. The molecule has 114 valence electrons. The average Bonchev–Trinajstić information content (AvgIpc) is 2.94. The lowest BCUT2D eigenvalue weighted by atomic mass is 10.2. The Kier molecular flexibility index (Phi) is 8.24. The van der Waals surface area contributed by atoms with Crippen LogP contribution in [-0.2, 0) is 4.79 Å². The number of hydrogen-bond acceptors (Lipinski definition) is 4. The summed E-state index contributed by atoms with van der Waals surface area (Å²) in [5.41, 5.74) is 0. The maximum absolute atomic E-state index is 12.2. The Bertz CT molecular complexity index is 320. The highest BCUT2D eigenvalue weighted by Crippen LogP contribution is 2.08. The van der Waals surface area contributed by atoms with Crippen molar-refractivity contribution in [2.75, 3.05) is 39.8 Å². The SMILES string of the molecule is CCCCN(CC(=O)N(C)CCC#N)CC1CCCN1. The molecule has 1 rings (SSSR count). The molecule has 1 aliphatic heterocycles. The fourth-order valence-electron chi connectivity index (χ4n) is 2.50. The molecular formula is C15H28N4O. The van der Waals surface area contributed by atoms with E-state index in [1.54, 1.807) is 11.9 Å². The number of amides is 1. The van der Waals surface area contributed by atoms with E-state index in [4.69, 9.17) is 5.26 Å². The standard InChI is InChI=1S/C15H28N4O/c1-3-4-11-19(12-14-7-5-9-17-14)13-15(20)18(2)10-6-8-16/h14,17H,3-7,9-13H2,1-2H3. The molecule has 1 unspecified atom stereocenters. The third-order valence-electron chi connectivity index (χ3n) is 3.81. The summed E-state index contributed by atoms with van der Waals surface area (Å²) < 4.78 is 0. The second-order valence-corrected chi connectivity index (χ2v) is 5.61. The highest BCUT2D eigenvalue weighted by atomic mass is 16.2. The van der Waals surface area contributed by atoms with Gasteiger partial charge >= 0.3 is 0 Å². The van der Waals surface area contributed by atoms with Crippen LogP contribution in [0.1, 0.15) is 39.0 Å². The van der Waals surface area contributed by atoms with Gasteiger partial charge < -0.3 is 10.2 Å². The lowest BCUT2D eigenvalue weighted by Crippen LogP contribution is -2.44. The molecular weight excluding hydrogens is 252 g/mol. The molecule has 0 spiro atoms. The van der Waals surface area contributed by atoms with Crippen LogP contribution in [0.3, 0.4) is 0 Å². The molecule has 0 aromatic rings. The summed E-state index contributed by atoms with van der Waals surface area (Å²) in [7, 11) is 1.78. The summed E-state index contributed by atoms with van der Waals surface area (Å²) >= 11 is 0. The zero-order valence-electron chi connectivity index (χ0n) is 12.9. The number of nitrogens with zero attached hydrogens (tertiary/aromatic N) is 3. The van der Waals surface area contributed by atoms with Crippen molar-refractivity contribution >= 4 is 5.91 Å². The van der Waals surface area contributed by atoms with Gasteiger partial charge in [0, 0.05) is 26.2 Å². The first-order valence-electron chi connectivity index (χ1n) is 7.74. The number of rotatable bonds is 9. The number of carbonyl (C=O) groups is 1. The summed E-state index contributed by atoms with van der Waals surface area (Å²) in [4.78, 5) is 16.1. The van der Waals surface area contributed by atoms with Gasteiger partial charge in [-0.05, 0) is 32.4 Å². The second-order valence-electron chi connectivity index (χ2n) is 5.61. The maximum Gasteiger partial charge on any atom is 0.236 e. The van der Waals surface area contributed by atoms with Crippen LogP contribution >= 0.6 is 0 Å². The van der Waals surface area contributed by atoms with Gasteiger partial charge in [-0.1, -0.05) is 13.3 Å². The van der Waals surface area contributed by atoms with Crippen LogP contribution in [0.15, 0.2) is 0 Å². The van der Waals surface area contributed by atoms with Crippen molar-refractivity contribution in [2.24, 2.45) is 0 Å². The van der Waals surface area contributed by atoms with E-state index in [0.717, 1.165) is 32.5 Å². The molecule has 20 heavy (non-hydrogen) atoms. The lowest BCUT2D eigenvalue weighted by molar-refractivity contribution is -0.131. The highest BCUT2D eigenvalue weighted by Gasteiger charge is 2.20. The van der Waals surface area contributed by atoms with E-state index in [1.807, 2.05) is 0 Å². The van der Waals surface area contributed by atoms with Gasteiger partial charge in [0.2, 0.25) is 5.91 Å². The van der Waals surface area contributed by atoms with Crippen molar-refractivity contribution in [1.82, 2.24) is 15.1 Å². The quantitative estimate of drug-likeness (QED) is 0.690. The van der Waals surface area contributed by atoms with Crippen molar-refractivity contribution in [3.05, 3.63) is 0 Å².